The molecule has 0 saturated carbocycles. The minimum absolute atomic E-state index is 0.0898. The van der Waals surface area contributed by atoms with Crippen LogP contribution in [0.15, 0.2) is 73.3 Å². The molecule has 0 unspecified atom stereocenters. The standard InChI is InChI=1S/C22H24N2O2/c1-2-3-14-24-21(25)15-20(22(24)26)23(16-18-10-6-4-7-11-18)17-19-12-8-5-9-13-19/h2,4-13,20H,1,3,14-17H2/t20-/m0/s1. The molecule has 2 aromatic carbocycles. The second-order valence-electron chi connectivity index (χ2n) is 6.56. The first kappa shape index (κ1) is 18.1. The quantitative estimate of drug-likeness (QED) is 0.542. The number of imide groups is 1. The van der Waals surface area contributed by atoms with Crippen LogP contribution in [0.4, 0.5) is 0 Å². The molecule has 1 aliphatic heterocycles. The van der Waals surface area contributed by atoms with E-state index >= 15 is 0 Å². The fourth-order valence-corrected chi connectivity index (χ4v) is 3.32. The van der Waals surface area contributed by atoms with E-state index in [1.54, 1.807) is 6.08 Å². The van der Waals surface area contributed by atoms with Crippen LogP contribution in [0.2, 0.25) is 0 Å². The zero-order chi connectivity index (χ0) is 18.4. The highest BCUT2D eigenvalue weighted by Crippen LogP contribution is 2.23. The Morgan fingerprint density at radius 2 is 1.50 bits per heavy atom. The van der Waals surface area contributed by atoms with Crippen LogP contribution in [0.25, 0.3) is 0 Å². The summed E-state index contributed by atoms with van der Waals surface area (Å²) < 4.78 is 0. The van der Waals surface area contributed by atoms with Crippen molar-refractivity contribution >= 4 is 11.8 Å². The molecule has 1 heterocycles. The largest absolute Gasteiger partial charge is 0.283 e. The molecule has 3 rings (SSSR count). The van der Waals surface area contributed by atoms with Gasteiger partial charge < -0.3 is 0 Å². The summed E-state index contributed by atoms with van der Waals surface area (Å²) in [6.45, 7) is 5.36. The van der Waals surface area contributed by atoms with Crippen molar-refractivity contribution in [2.45, 2.75) is 32.0 Å². The van der Waals surface area contributed by atoms with Gasteiger partial charge in [-0.3, -0.25) is 19.4 Å². The maximum atomic E-state index is 12.9. The Hall–Kier alpha value is -2.72. The Balaban J connectivity index is 1.81. The van der Waals surface area contributed by atoms with Crippen LogP contribution in [0.1, 0.15) is 24.0 Å². The summed E-state index contributed by atoms with van der Waals surface area (Å²) in [5.74, 6) is -0.184. The third-order valence-corrected chi connectivity index (χ3v) is 4.67. The van der Waals surface area contributed by atoms with Crippen LogP contribution in [0.5, 0.6) is 0 Å². The van der Waals surface area contributed by atoms with Crippen molar-refractivity contribution in [3.05, 3.63) is 84.4 Å². The summed E-state index contributed by atoms with van der Waals surface area (Å²) >= 11 is 0. The smallest absolute Gasteiger partial charge is 0.247 e. The average Bonchev–Trinajstić information content (AvgIpc) is 2.95. The Morgan fingerprint density at radius 1 is 0.962 bits per heavy atom. The van der Waals surface area contributed by atoms with Crippen molar-refractivity contribution < 1.29 is 9.59 Å². The topological polar surface area (TPSA) is 40.6 Å². The van der Waals surface area contributed by atoms with Crippen LogP contribution in [-0.4, -0.2) is 34.2 Å². The molecule has 0 bridgehead atoms. The lowest BCUT2D eigenvalue weighted by Gasteiger charge is -2.27. The Kier molecular flexibility index (Phi) is 5.97. The van der Waals surface area contributed by atoms with E-state index in [4.69, 9.17) is 0 Å². The SMILES string of the molecule is C=CCCN1C(=O)C[C@H](N(Cc2ccccc2)Cc2ccccc2)C1=O. The van der Waals surface area contributed by atoms with Crippen LogP contribution in [0, 0.1) is 0 Å². The van der Waals surface area contributed by atoms with E-state index in [2.05, 4.69) is 35.7 Å². The highest BCUT2D eigenvalue weighted by atomic mass is 16.2. The van der Waals surface area contributed by atoms with Gasteiger partial charge in [0, 0.05) is 19.6 Å². The number of amides is 2. The number of hydrogen-bond acceptors (Lipinski definition) is 3. The molecule has 4 heteroatoms. The second-order valence-corrected chi connectivity index (χ2v) is 6.56. The first-order valence-corrected chi connectivity index (χ1v) is 8.96. The zero-order valence-electron chi connectivity index (χ0n) is 14.9. The lowest BCUT2D eigenvalue weighted by molar-refractivity contribution is -0.139. The maximum Gasteiger partial charge on any atom is 0.247 e. The molecule has 1 saturated heterocycles. The Morgan fingerprint density at radius 3 is 2.00 bits per heavy atom. The molecule has 1 atom stereocenters. The van der Waals surface area contributed by atoms with E-state index < -0.39 is 6.04 Å². The molecule has 26 heavy (non-hydrogen) atoms. The van der Waals surface area contributed by atoms with Gasteiger partial charge in [-0.2, -0.15) is 0 Å². The predicted molar refractivity (Wildman–Crippen MR) is 102 cm³/mol. The molecule has 2 amide bonds. The van der Waals surface area contributed by atoms with Gasteiger partial charge in [-0.1, -0.05) is 66.7 Å². The fourth-order valence-electron chi connectivity index (χ4n) is 3.32. The van der Waals surface area contributed by atoms with Gasteiger partial charge in [0.2, 0.25) is 11.8 Å². The van der Waals surface area contributed by atoms with E-state index in [1.165, 1.54) is 4.90 Å². The van der Waals surface area contributed by atoms with Crippen LogP contribution in [0.3, 0.4) is 0 Å². The first-order valence-electron chi connectivity index (χ1n) is 8.96. The molecule has 2 aromatic rings. The van der Waals surface area contributed by atoms with Crippen molar-refractivity contribution in [3.8, 4) is 0 Å². The average molecular weight is 348 g/mol. The van der Waals surface area contributed by atoms with E-state index in [9.17, 15) is 9.59 Å². The molecule has 1 aliphatic rings. The number of carbonyl (C=O) groups excluding carboxylic acids is 2. The molecule has 0 radical (unpaired) electrons. The molecular weight excluding hydrogens is 324 g/mol. The van der Waals surface area contributed by atoms with Crippen molar-refractivity contribution in [3.63, 3.8) is 0 Å². The van der Waals surface area contributed by atoms with Gasteiger partial charge in [0.15, 0.2) is 0 Å². The summed E-state index contributed by atoms with van der Waals surface area (Å²) in [5.41, 5.74) is 2.27. The van der Waals surface area contributed by atoms with Crippen LogP contribution in [-0.2, 0) is 22.7 Å². The van der Waals surface area contributed by atoms with Crippen molar-refractivity contribution in [2.75, 3.05) is 6.54 Å². The number of benzene rings is 2. The highest BCUT2D eigenvalue weighted by molar-refractivity contribution is 6.05. The van der Waals surface area contributed by atoms with Gasteiger partial charge in [-0.05, 0) is 17.5 Å². The Labute approximate surface area is 154 Å². The number of nitrogens with zero attached hydrogens (tertiary/aromatic N) is 2. The molecule has 0 aliphatic carbocycles. The van der Waals surface area contributed by atoms with Gasteiger partial charge in [0.1, 0.15) is 0 Å². The fraction of sp³-hybridized carbons (Fsp3) is 0.273. The monoisotopic (exact) mass is 348 g/mol. The molecule has 134 valence electrons. The van der Waals surface area contributed by atoms with Crippen LogP contribution < -0.4 is 0 Å². The molecule has 4 nitrogen and oxygen atoms in total. The molecule has 0 aromatic heterocycles. The number of carbonyl (C=O) groups is 2. The zero-order valence-corrected chi connectivity index (χ0v) is 14.9. The number of likely N-dealkylation sites (tertiary alicyclic amines) is 1. The Bertz CT molecular complexity index is 717. The molecular formula is C22H24N2O2. The third kappa shape index (κ3) is 4.27. The molecule has 1 fully saturated rings. The molecule has 0 N–H and O–H groups in total. The van der Waals surface area contributed by atoms with Gasteiger partial charge >= 0.3 is 0 Å². The van der Waals surface area contributed by atoms with E-state index in [-0.39, 0.29) is 18.2 Å². The minimum Gasteiger partial charge on any atom is -0.283 e. The van der Waals surface area contributed by atoms with Crippen molar-refractivity contribution in [1.29, 1.82) is 0 Å². The van der Waals surface area contributed by atoms with Crippen LogP contribution >= 0.6 is 0 Å². The first-order chi connectivity index (χ1) is 12.7. The number of hydrogen-bond donors (Lipinski definition) is 0. The predicted octanol–water partition coefficient (Wildman–Crippen LogP) is 3.39. The number of rotatable bonds is 8. The summed E-state index contributed by atoms with van der Waals surface area (Å²) in [4.78, 5) is 28.7. The van der Waals surface area contributed by atoms with Crippen molar-refractivity contribution in [2.24, 2.45) is 0 Å². The summed E-state index contributed by atoms with van der Waals surface area (Å²) in [6.07, 6.45) is 2.61. The van der Waals surface area contributed by atoms with Gasteiger partial charge in [0.05, 0.1) is 12.5 Å². The normalized spacial score (nSPS) is 17.1. The van der Waals surface area contributed by atoms with Gasteiger partial charge in [-0.15, -0.1) is 6.58 Å². The van der Waals surface area contributed by atoms with Crippen molar-refractivity contribution in [1.82, 2.24) is 9.80 Å². The minimum atomic E-state index is -0.410. The summed E-state index contributed by atoms with van der Waals surface area (Å²) in [6, 6.07) is 19.7. The molecule has 0 spiro atoms. The maximum absolute atomic E-state index is 12.9. The van der Waals surface area contributed by atoms with Gasteiger partial charge in [0.25, 0.3) is 0 Å². The van der Waals surface area contributed by atoms with E-state index in [1.807, 2.05) is 36.4 Å². The third-order valence-electron chi connectivity index (χ3n) is 4.67. The second kappa shape index (κ2) is 8.59. The lowest BCUT2D eigenvalue weighted by atomic mass is 10.1. The lowest BCUT2D eigenvalue weighted by Crippen LogP contribution is -2.41. The van der Waals surface area contributed by atoms with Gasteiger partial charge in [-0.25, -0.2) is 0 Å². The summed E-state index contributed by atoms with van der Waals surface area (Å²) in [7, 11) is 0. The van der Waals surface area contributed by atoms with E-state index in [0.29, 0.717) is 26.1 Å². The highest BCUT2D eigenvalue weighted by Gasteiger charge is 2.41. The summed E-state index contributed by atoms with van der Waals surface area (Å²) in [5, 5.41) is 0. The van der Waals surface area contributed by atoms with E-state index in [0.717, 1.165) is 11.1 Å².